The summed E-state index contributed by atoms with van der Waals surface area (Å²) in [6.45, 7) is 2.92. The largest absolute Gasteiger partial charge is 0.394 e. The molecule has 4 nitrogen and oxygen atoms in total. The fourth-order valence-corrected chi connectivity index (χ4v) is 0.939. The summed E-state index contributed by atoms with van der Waals surface area (Å²) in [5, 5.41) is 17.7. The highest BCUT2D eigenvalue weighted by atomic mass is 16.5. The molecule has 0 fully saturated rings. The fourth-order valence-electron chi connectivity index (χ4n) is 0.939. The highest BCUT2D eigenvalue weighted by Crippen LogP contribution is 1.97. The minimum atomic E-state index is -0.658. The molecule has 0 aliphatic heterocycles. The van der Waals surface area contributed by atoms with E-state index in [-0.39, 0.29) is 12.6 Å². The average molecular weight is 177 g/mol. The molecule has 2 N–H and O–H groups in total. The van der Waals surface area contributed by atoms with Crippen LogP contribution in [-0.2, 0) is 4.74 Å². The molecule has 0 heterocycles. The van der Waals surface area contributed by atoms with Crippen LogP contribution in [-0.4, -0.2) is 61.2 Å². The lowest BCUT2D eigenvalue weighted by Crippen LogP contribution is -2.39. The molecule has 0 radical (unpaired) electrons. The van der Waals surface area contributed by atoms with Crippen LogP contribution in [0.4, 0.5) is 0 Å². The summed E-state index contributed by atoms with van der Waals surface area (Å²) in [5.74, 6) is 0. The molecule has 0 saturated carbocycles. The Labute approximate surface area is 73.8 Å². The molecule has 0 rings (SSSR count). The number of methoxy groups -OCH3 is 1. The molecular weight excluding hydrogens is 158 g/mol. The van der Waals surface area contributed by atoms with Gasteiger partial charge >= 0.3 is 0 Å². The molecule has 0 bridgehead atoms. The molecule has 74 valence electrons. The van der Waals surface area contributed by atoms with Crippen LogP contribution < -0.4 is 0 Å². The Kier molecular flexibility index (Phi) is 6.28. The van der Waals surface area contributed by atoms with E-state index in [1.54, 1.807) is 7.11 Å². The number of hydrogen-bond donors (Lipinski definition) is 2. The summed E-state index contributed by atoms with van der Waals surface area (Å²) in [6.07, 6.45) is -0.658. The summed E-state index contributed by atoms with van der Waals surface area (Å²) < 4.78 is 4.95. The van der Waals surface area contributed by atoms with Gasteiger partial charge in [0.15, 0.2) is 0 Å². The maximum Gasteiger partial charge on any atom is 0.0897 e. The number of likely N-dealkylation sites (N-methyl/N-ethyl adjacent to an activating group) is 1. The predicted molar refractivity (Wildman–Crippen MR) is 47.1 cm³/mol. The second-order valence-electron chi connectivity index (χ2n) is 3.08. The van der Waals surface area contributed by atoms with Crippen molar-refractivity contribution >= 4 is 0 Å². The number of rotatable bonds is 6. The first-order valence-electron chi connectivity index (χ1n) is 4.10. The van der Waals surface area contributed by atoms with Gasteiger partial charge in [0.05, 0.1) is 19.3 Å². The number of hydrogen-bond acceptors (Lipinski definition) is 4. The van der Waals surface area contributed by atoms with Gasteiger partial charge in [-0.2, -0.15) is 0 Å². The van der Waals surface area contributed by atoms with Crippen molar-refractivity contribution in [2.45, 2.75) is 19.1 Å². The molecule has 4 heteroatoms. The van der Waals surface area contributed by atoms with E-state index in [0.717, 1.165) is 0 Å². The van der Waals surface area contributed by atoms with Gasteiger partial charge in [0, 0.05) is 19.7 Å². The minimum Gasteiger partial charge on any atom is -0.394 e. The summed E-state index contributed by atoms with van der Waals surface area (Å²) >= 11 is 0. The number of nitrogens with zero attached hydrogens (tertiary/aromatic N) is 1. The SMILES string of the molecule is COCC(C)N(C)CC(O)CO. The van der Waals surface area contributed by atoms with Crippen molar-refractivity contribution in [3.05, 3.63) is 0 Å². The standard InChI is InChI=1S/C8H19NO3/c1-7(6-12-3)9(2)4-8(11)5-10/h7-8,10-11H,4-6H2,1-3H3. The van der Waals surface area contributed by atoms with Crippen LogP contribution in [0, 0.1) is 0 Å². The van der Waals surface area contributed by atoms with Crippen LogP contribution in [0.5, 0.6) is 0 Å². The first-order chi connectivity index (χ1) is 5.61. The predicted octanol–water partition coefficient (Wildman–Crippen LogP) is -0.694. The second-order valence-corrected chi connectivity index (χ2v) is 3.08. The van der Waals surface area contributed by atoms with Gasteiger partial charge in [-0.15, -0.1) is 0 Å². The number of aliphatic hydroxyl groups excluding tert-OH is 2. The molecule has 0 aromatic carbocycles. The third-order valence-corrected chi connectivity index (χ3v) is 1.87. The van der Waals surface area contributed by atoms with Gasteiger partial charge in [-0.05, 0) is 14.0 Å². The molecule has 0 aromatic heterocycles. The van der Waals surface area contributed by atoms with E-state index in [9.17, 15) is 0 Å². The van der Waals surface area contributed by atoms with Crippen LogP contribution in [0.15, 0.2) is 0 Å². The summed E-state index contributed by atoms with van der Waals surface area (Å²) in [5.41, 5.74) is 0. The van der Waals surface area contributed by atoms with Crippen molar-refractivity contribution in [2.24, 2.45) is 0 Å². The number of ether oxygens (including phenoxy) is 1. The molecule has 0 spiro atoms. The topological polar surface area (TPSA) is 52.9 Å². The van der Waals surface area contributed by atoms with E-state index < -0.39 is 6.10 Å². The van der Waals surface area contributed by atoms with E-state index >= 15 is 0 Å². The molecule has 0 saturated heterocycles. The van der Waals surface area contributed by atoms with Gasteiger partial charge in [0.2, 0.25) is 0 Å². The first-order valence-corrected chi connectivity index (χ1v) is 4.10. The first kappa shape index (κ1) is 11.8. The van der Waals surface area contributed by atoms with Gasteiger partial charge in [0.1, 0.15) is 0 Å². The monoisotopic (exact) mass is 177 g/mol. The van der Waals surface area contributed by atoms with Crippen molar-refractivity contribution in [3.63, 3.8) is 0 Å². The van der Waals surface area contributed by atoms with Gasteiger partial charge in [-0.1, -0.05) is 0 Å². The molecule has 2 unspecified atom stereocenters. The molecule has 0 aliphatic carbocycles. The van der Waals surface area contributed by atoms with Crippen LogP contribution in [0.2, 0.25) is 0 Å². The normalized spacial score (nSPS) is 16.5. The molecule has 12 heavy (non-hydrogen) atoms. The zero-order valence-electron chi connectivity index (χ0n) is 8.03. The lowest BCUT2D eigenvalue weighted by molar-refractivity contribution is 0.0403. The zero-order chi connectivity index (χ0) is 9.56. The van der Waals surface area contributed by atoms with Gasteiger partial charge in [-0.3, -0.25) is 4.90 Å². The highest BCUT2D eigenvalue weighted by molar-refractivity contribution is 4.66. The Balaban J connectivity index is 3.62. The lowest BCUT2D eigenvalue weighted by Gasteiger charge is -2.25. The highest BCUT2D eigenvalue weighted by Gasteiger charge is 2.12. The quantitative estimate of drug-likeness (QED) is 0.563. The average Bonchev–Trinajstić information content (AvgIpc) is 2.04. The maximum absolute atomic E-state index is 9.11. The van der Waals surface area contributed by atoms with Crippen molar-refractivity contribution in [3.8, 4) is 0 Å². The Hall–Kier alpha value is -0.160. The van der Waals surface area contributed by atoms with E-state index in [4.69, 9.17) is 14.9 Å². The van der Waals surface area contributed by atoms with Crippen LogP contribution in [0.3, 0.4) is 0 Å². The fraction of sp³-hybridized carbons (Fsp3) is 1.00. The summed E-state index contributed by atoms with van der Waals surface area (Å²) in [4.78, 5) is 1.95. The van der Waals surface area contributed by atoms with Crippen molar-refractivity contribution < 1.29 is 14.9 Å². The Bertz CT molecular complexity index is 110. The third-order valence-electron chi connectivity index (χ3n) is 1.87. The van der Waals surface area contributed by atoms with Gasteiger partial charge in [0.25, 0.3) is 0 Å². The molecule has 2 atom stereocenters. The van der Waals surface area contributed by atoms with E-state index in [1.807, 2.05) is 18.9 Å². The third kappa shape index (κ3) is 4.66. The minimum absolute atomic E-state index is 0.190. The summed E-state index contributed by atoms with van der Waals surface area (Å²) in [6, 6.07) is 0.260. The van der Waals surface area contributed by atoms with Crippen molar-refractivity contribution in [1.29, 1.82) is 0 Å². The molecule has 0 aliphatic rings. The van der Waals surface area contributed by atoms with Gasteiger partial charge < -0.3 is 14.9 Å². The van der Waals surface area contributed by atoms with Crippen LogP contribution in [0.1, 0.15) is 6.92 Å². The Morgan fingerprint density at radius 3 is 2.50 bits per heavy atom. The Morgan fingerprint density at radius 2 is 2.08 bits per heavy atom. The van der Waals surface area contributed by atoms with Crippen molar-refractivity contribution in [2.75, 3.05) is 33.9 Å². The zero-order valence-corrected chi connectivity index (χ0v) is 8.03. The van der Waals surface area contributed by atoms with Crippen LogP contribution >= 0.6 is 0 Å². The van der Waals surface area contributed by atoms with Crippen LogP contribution in [0.25, 0.3) is 0 Å². The van der Waals surface area contributed by atoms with E-state index in [0.29, 0.717) is 13.2 Å². The Morgan fingerprint density at radius 1 is 1.50 bits per heavy atom. The second kappa shape index (κ2) is 6.37. The molecule has 0 aromatic rings. The van der Waals surface area contributed by atoms with Gasteiger partial charge in [-0.25, -0.2) is 0 Å². The van der Waals surface area contributed by atoms with E-state index in [2.05, 4.69) is 0 Å². The number of aliphatic hydroxyl groups is 2. The smallest absolute Gasteiger partial charge is 0.0897 e. The van der Waals surface area contributed by atoms with Crippen molar-refractivity contribution in [1.82, 2.24) is 4.90 Å². The lowest BCUT2D eigenvalue weighted by atomic mass is 10.3. The molecule has 0 amide bonds. The van der Waals surface area contributed by atoms with E-state index in [1.165, 1.54) is 0 Å². The summed E-state index contributed by atoms with van der Waals surface area (Å²) in [7, 11) is 3.54. The maximum atomic E-state index is 9.11. The molecular formula is C8H19NO3.